The third-order valence-electron chi connectivity index (χ3n) is 3.88. The summed E-state index contributed by atoms with van der Waals surface area (Å²) in [6, 6.07) is 10.5. The lowest BCUT2D eigenvalue weighted by Crippen LogP contribution is -2.30. The van der Waals surface area contributed by atoms with Crippen molar-refractivity contribution in [2.45, 2.75) is 18.7 Å². The van der Waals surface area contributed by atoms with Crippen molar-refractivity contribution in [1.29, 1.82) is 0 Å². The molecule has 0 aliphatic carbocycles. The molecule has 0 aromatic heterocycles. The molecule has 0 radical (unpaired) electrons. The van der Waals surface area contributed by atoms with Crippen molar-refractivity contribution >= 4 is 27.6 Å². The van der Waals surface area contributed by atoms with Gasteiger partial charge < -0.3 is 10.1 Å². The van der Waals surface area contributed by atoms with Gasteiger partial charge in [-0.25, -0.2) is 17.6 Å². The second-order valence-electron chi connectivity index (χ2n) is 5.75. The van der Waals surface area contributed by atoms with Gasteiger partial charge in [-0.2, -0.15) is 4.31 Å². The number of carbonyl (C=O) groups is 2. The van der Waals surface area contributed by atoms with Gasteiger partial charge in [-0.15, -0.1) is 0 Å². The highest BCUT2D eigenvalue weighted by atomic mass is 32.2. The average Bonchev–Trinajstić information content (AvgIpc) is 2.67. The molecule has 2 aromatic rings. The quantitative estimate of drug-likeness (QED) is 0.678. The van der Waals surface area contributed by atoms with Crippen LogP contribution in [0, 0.1) is 5.82 Å². The van der Waals surface area contributed by atoms with Gasteiger partial charge in [0.05, 0.1) is 10.5 Å². The van der Waals surface area contributed by atoms with E-state index >= 15 is 0 Å². The van der Waals surface area contributed by atoms with Crippen LogP contribution in [0.5, 0.6) is 0 Å². The van der Waals surface area contributed by atoms with Gasteiger partial charge in [0.1, 0.15) is 5.82 Å². The largest absolute Gasteiger partial charge is 0.452 e. The van der Waals surface area contributed by atoms with E-state index in [0.29, 0.717) is 13.1 Å². The molecule has 0 heterocycles. The van der Waals surface area contributed by atoms with Crippen LogP contribution in [0.25, 0.3) is 0 Å². The zero-order valence-corrected chi connectivity index (χ0v) is 16.3. The van der Waals surface area contributed by atoms with Gasteiger partial charge in [0, 0.05) is 18.8 Å². The maximum Gasteiger partial charge on any atom is 0.338 e. The molecule has 2 aromatic carbocycles. The molecule has 28 heavy (non-hydrogen) atoms. The molecule has 0 fully saturated rings. The first-order valence-electron chi connectivity index (χ1n) is 8.60. The molecular formula is C19H21FN2O5S. The van der Waals surface area contributed by atoms with Crippen LogP contribution in [0.4, 0.5) is 10.1 Å². The number of anilines is 1. The van der Waals surface area contributed by atoms with Gasteiger partial charge in [0.2, 0.25) is 10.0 Å². The monoisotopic (exact) mass is 408 g/mol. The predicted octanol–water partition coefficient (Wildman–Crippen LogP) is 2.65. The number of hydrogen-bond donors (Lipinski definition) is 1. The second kappa shape index (κ2) is 9.43. The zero-order valence-electron chi connectivity index (χ0n) is 15.5. The maximum atomic E-state index is 12.9. The Kier molecular flexibility index (Phi) is 7.24. The van der Waals surface area contributed by atoms with Crippen molar-refractivity contribution in [2.24, 2.45) is 0 Å². The van der Waals surface area contributed by atoms with Crippen molar-refractivity contribution in [3.63, 3.8) is 0 Å². The summed E-state index contributed by atoms with van der Waals surface area (Å²) in [6.07, 6.45) is 0. The van der Waals surface area contributed by atoms with Crippen LogP contribution in [-0.2, 0) is 19.6 Å². The molecule has 0 saturated carbocycles. The summed E-state index contributed by atoms with van der Waals surface area (Å²) in [5.74, 6) is -1.89. The van der Waals surface area contributed by atoms with E-state index < -0.39 is 34.3 Å². The number of sulfonamides is 1. The van der Waals surface area contributed by atoms with Crippen LogP contribution in [0.15, 0.2) is 53.4 Å². The standard InChI is InChI=1S/C19H21FN2O5S/c1-3-22(4-2)28(25,26)17-7-5-6-16(12-17)21-18(23)13-27-19(24)14-8-10-15(20)11-9-14/h5-12H,3-4,13H2,1-2H3,(H,21,23). The molecular weight excluding hydrogens is 387 g/mol. The van der Waals surface area contributed by atoms with Crippen molar-refractivity contribution in [3.8, 4) is 0 Å². The van der Waals surface area contributed by atoms with E-state index in [1.54, 1.807) is 13.8 Å². The van der Waals surface area contributed by atoms with Crippen LogP contribution >= 0.6 is 0 Å². The first-order chi connectivity index (χ1) is 13.3. The van der Waals surface area contributed by atoms with Gasteiger partial charge in [0.25, 0.3) is 5.91 Å². The number of nitrogens with one attached hydrogen (secondary N) is 1. The van der Waals surface area contributed by atoms with E-state index in [0.717, 1.165) is 12.1 Å². The molecule has 0 aliphatic rings. The highest BCUT2D eigenvalue weighted by Gasteiger charge is 2.22. The topological polar surface area (TPSA) is 92.8 Å². The highest BCUT2D eigenvalue weighted by molar-refractivity contribution is 7.89. The number of ether oxygens (including phenoxy) is 1. The first kappa shape index (κ1) is 21.5. The third-order valence-corrected chi connectivity index (χ3v) is 5.92. The molecule has 0 spiro atoms. The van der Waals surface area contributed by atoms with Gasteiger partial charge in [-0.05, 0) is 42.5 Å². The van der Waals surface area contributed by atoms with Gasteiger partial charge in [-0.1, -0.05) is 19.9 Å². The minimum Gasteiger partial charge on any atom is -0.452 e. The van der Waals surface area contributed by atoms with Crippen molar-refractivity contribution in [2.75, 3.05) is 25.0 Å². The summed E-state index contributed by atoms with van der Waals surface area (Å²) in [7, 11) is -3.66. The summed E-state index contributed by atoms with van der Waals surface area (Å²) in [4.78, 5) is 23.9. The van der Waals surface area contributed by atoms with Crippen LogP contribution in [-0.4, -0.2) is 44.3 Å². The van der Waals surface area contributed by atoms with E-state index in [4.69, 9.17) is 4.74 Å². The van der Waals surface area contributed by atoms with Crippen molar-refractivity contribution < 1.29 is 27.1 Å². The van der Waals surface area contributed by atoms with Crippen molar-refractivity contribution in [1.82, 2.24) is 4.31 Å². The Morgan fingerprint density at radius 3 is 2.32 bits per heavy atom. The number of halogens is 1. The number of nitrogens with zero attached hydrogens (tertiary/aromatic N) is 1. The minimum atomic E-state index is -3.66. The van der Waals surface area contributed by atoms with E-state index in [1.165, 1.54) is 40.7 Å². The van der Waals surface area contributed by atoms with Crippen LogP contribution < -0.4 is 5.32 Å². The van der Waals surface area contributed by atoms with E-state index in [9.17, 15) is 22.4 Å². The summed E-state index contributed by atoms with van der Waals surface area (Å²) >= 11 is 0. The Balaban J connectivity index is 2.01. The normalized spacial score (nSPS) is 11.3. The molecule has 0 unspecified atom stereocenters. The maximum absolute atomic E-state index is 12.9. The second-order valence-corrected chi connectivity index (χ2v) is 7.69. The van der Waals surface area contributed by atoms with Crippen LogP contribution in [0.2, 0.25) is 0 Å². The lowest BCUT2D eigenvalue weighted by Gasteiger charge is -2.18. The summed E-state index contributed by atoms with van der Waals surface area (Å²) in [5.41, 5.74) is 0.373. The molecule has 0 bridgehead atoms. The Bertz CT molecular complexity index is 941. The molecule has 1 N–H and O–H groups in total. The fraction of sp³-hybridized carbons (Fsp3) is 0.263. The van der Waals surface area contributed by atoms with Gasteiger partial charge in [0.15, 0.2) is 6.61 Å². The molecule has 1 amide bonds. The number of benzene rings is 2. The average molecular weight is 408 g/mol. The van der Waals surface area contributed by atoms with E-state index in [2.05, 4.69) is 5.32 Å². The summed E-state index contributed by atoms with van der Waals surface area (Å²) in [6.45, 7) is 3.57. The van der Waals surface area contributed by atoms with Crippen LogP contribution in [0.1, 0.15) is 24.2 Å². The fourth-order valence-corrected chi connectivity index (χ4v) is 3.95. The van der Waals surface area contributed by atoms with E-state index in [1.807, 2.05) is 0 Å². The lowest BCUT2D eigenvalue weighted by atomic mass is 10.2. The number of carbonyl (C=O) groups excluding carboxylic acids is 2. The summed E-state index contributed by atoms with van der Waals surface area (Å²) < 4.78 is 44.1. The molecule has 150 valence electrons. The van der Waals surface area contributed by atoms with E-state index in [-0.39, 0.29) is 16.1 Å². The number of hydrogen-bond acceptors (Lipinski definition) is 5. The number of rotatable bonds is 8. The fourth-order valence-electron chi connectivity index (χ4n) is 2.44. The third kappa shape index (κ3) is 5.37. The lowest BCUT2D eigenvalue weighted by molar-refractivity contribution is -0.119. The van der Waals surface area contributed by atoms with Gasteiger partial charge in [-0.3, -0.25) is 4.79 Å². The zero-order chi connectivity index (χ0) is 20.7. The Hall–Kier alpha value is -2.78. The van der Waals surface area contributed by atoms with Crippen molar-refractivity contribution in [3.05, 3.63) is 59.9 Å². The minimum absolute atomic E-state index is 0.0531. The van der Waals surface area contributed by atoms with Gasteiger partial charge >= 0.3 is 5.97 Å². The predicted molar refractivity (Wildman–Crippen MR) is 102 cm³/mol. The SMILES string of the molecule is CCN(CC)S(=O)(=O)c1cccc(NC(=O)COC(=O)c2ccc(F)cc2)c1. The smallest absolute Gasteiger partial charge is 0.338 e. The molecule has 2 rings (SSSR count). The highest BCUT2D eigenvalue weighted by Crippen LogP contribution is 2.19. The summed E-state index contributed by atoms with van der Waals surface area (Å²) in [5, 5.41) is 2.49. The molecule has 0 atom stereocenters. The number of amides is 1. The molecule has 0 saturated heterocycles. The Morgan fingerprint density at radius 1 is 1.07 bits per heavy atom. The number of esters is 1. The molecule has 0 aliphatic heterocycles. The Morgan fingerprint density at radius 2 is 1.71 bits per heavy atom. The molecule has 7 nitrogen and oxygen atoms in total. The Labute approximate surface area is 163 Å². The molecule has 9 heteroatoms. The first-order valence-corrected chi connectivity index (χ1v) is 10.0. The van der Waals surface area contributed by atoms with Crippen LogP contribution in [0.3, 0.4) is 0 Å².